The van der Waals surface area contributed by atoms with E-state index in [1.165, 1.54) is 12.1 Å². The summed E-state index contributed by atoms with van der Waals surface area (Å²) in [6.45, 7) is 9.61. The number of nitrogens with one attached hydrogen (secondary N) is 3. The van der Waals surface area contributed by atoms with Crippen molar-refractivity contribution in [3.63, 3.8) is 0 Å². The van der Waals surface area contributed by atoms with Crippen LogP contribution in [0.15, 0.2) is 28.1 Å². The van der Waals surface area contributed by atoms with Crippen LogP contribution in [0.1, 0.15) is 40.5 Å². The van der Waals surface area contributed by atoms with Crippen LogP contribution in [0.3, 0.4) is 0 Å². The predicted molar refractivity (Wildman–Crippen MR) is 117 cm³/mol. The number of hydrogen-bond donors (Lipinski definition) is 3. The first kappa shape index (κ1) is 24.7. The minimum absolute atomic E-state index is 0.0817. The molecular weight excluding hydrogens is 394 g/mol. The van der Waals surface area contributed by atoms with Crippen LogP contribution < -0.4 is 16.0 Å². The minimum Gasteiger partial charge on any atom is -0.378 e. The van der Waals surface area contributed by atoms with E-state index in [0.29, 0.717) is 19.0 Å². The standard InChI is InChI=1S/C19H33N5O4S/c1-14(9-10-19(2,3)4)23-18(20-5)22-12-11-21-16-8-7-15(29(6,27)28)13-17(16)24(25)26/h7-8,13-14,21H,9-12H2,1-6H3,(H2,20,22,23). The summed E-state index contributed by atoms with van der Waals surface area (Å²) in [5, 5.41) is 20.7. The molecule has 0 aliphatic rings. The molecule has 10 heteroatoms. The molecule has 0 aliphatic heterocycles. The molecule has 29 heavy (non-hydrogen) atoms. The molecule has 3 N–H and O–H groups in total. The Hall–Kier alpha value is -2.36. The number of hydrogen-bond acceptors (Lipinski definition) is 6. The molecule has 0 radical (unpaired) electrons. The van der Waals surface area contributed by atoms with Gasteiger partial charge in [0.1, 0.15) is 5.69 Å². The van der Waals surface area contributed by atoms with Crippen molar-refractivity contribution in [2.75, 3.05) is 31.7 Å². The number of nitrogens with zero attached hydrogens (tertiary/aromatic N) is 2. The molecule has 0 aromatic heterocycles. The number of sulfone groups is 1. The summed E-state index contributed by atoms with van der Waals surface area (Å²) < 4.78 is 23.2. The highest BCUT2D eigenvalue weighted by Crippen LogP contribution is 2.27. The van der Waals surface area contributed by atoms with Gasteiger partial charge >= 0.3 is 0 Å². The Morgan fingerprint density at radius 2 is 1.93 bits per heavy atom. The third kappa shape index (κ3) is 9.12. The van der Waals surface area contributed by atoms with Crippen LogP contribution in [-0.2, 0) is 9.84 Å². The SMILES string of the molecule is CN=C(NCCNc1ccc(S(C)(=O)=O)cc1[N+](=O)[O-])NC(C)CCC(C)(C)C. The normalized spacial score (nSPS) is 13.7. The van der Waals surface area contributed by atoms with E-state index in [1.807, 2.05) is 0 Å². The maximum atomic E-state index is 11.6. The van der Waals surface area contributed by atoms with Crippen molar-refractivity contribution < 1.29 is 13.3 Å². The Kier molecular flexibility index (Phi) is 8.87. The number of guanidine groups is 1. The fourth-order valence-electron chi connectivity index (χ4n) is 2.57. The average Bonchev–Trinajstić information content (AvgIpc) is 2.60. The molecule has 0 saturated carbocycles. The maximum Gasteiger partial charge on any atom is 0.293 e. The van der Waals surface area contributed by atoms with Crippen molar-refractivity contribution >= 4 is 27.2 Å². The topological polar surface area (TPSA) is 126 Å². The van der Waals surface area contributed by atoms with E-state index in [-0.39, 0.29) is 27.7 Å². The van der Waals surface area contributed by atoms with Crippen molar-refractivity contribution in [1.29, 1.82) is 0 Å². The van der Waals surface area contributed by atoms with Gasteiger partial charge in [-0.05, 0) is 37.3 Å². The molecule has 1 aromatic carbocycles. The number of aliphatic imine (C=N–C) groups is 1. The summed E-state index contributed by atoms with van der Waals surface area (Å²) in [6, 6.07) is 4.10. The second-order valence-electron chi connectivity index (χ2n) is 8.28. The fraction of sp³-hybridized carbons (Fsp3) is 0.632. The number of nitro groups is 1. The lowest BCUT2D eigenvalue weighted by atomic mass is 9.89. The zero-order chi connectivity index (χ0) is 22.2. The molecule has 0 amide bonds. The van der Waals surface area contributed by atoms with Crippen LogP contribution in [0.2, 0.25) is 0 Å². The summed E-state index contributed by atoms with van der Waals surface area (Å²) in [6.07, 6.45) is 3.12. The third-order valence-corrected chi connectivity index (χ3v) is 5.37. The van der Waals surface area contributed by atoms with E-state index >= 15 is 0 Å². The van der Waals surface area contributed by atoms with Gasteiger partial charge in [-0.2, -0.15) is 0 Å². The Morgan fingerprint density at radius 3 is 2.45 bits per heavy atom. The van der Waals surface area contributed by atoms with Gasteiger partial charge in [0.25, 0.3) is 5.69 Å². The molecule has 0 aliphatic carbocycles. The number of benzene rings is 1. The van der Waals surface area contributed by atoms with E-state index in [2.05, 4.69) is 48.6 Å². The predicted octanol–water partition coefficient (Wildman–Crippen LogP) is 2.79. The minimum atomic E-state index is -3.51. The Balaban J connectivity index is 2.59. The smallest absolute Gasteiger partial charge is 0.293 e. The first-order valence-corrected chi connectivity index (χ1v) is 11.4. The van der Waals surface area contributed by atoms with Crippen molar-refractivity contribution in [3.05, 3.63) is 28.3 Å². The second-order valence-corrected chi connectivity index (χ2v) is 10.3. The van der Waals surface area contributed by atoms with Crippen LogP contribution in [0.25, 0.3) is 0 Å². The maximum absolute atomic E-state index is 11.6. The van der Waals surface area contributed by atoms with Crippen molar-refractivity contribution in [3.8, 4) is 0 Å². The van der Waals surface area contributed by atoms with Gasteiger partial charge in [0, 0.05) is 38.5 Å². The van der Waals surface area contributed by atoms with E-state index < -0.39 is 14.8 Å². The third-order valence-electron chi connectivity index (χ3n) is 4.26. The molecule has 0 bridgehead atoms. The summed E-state index contributed by atoms with van der Waals surface area (Å²) in [5.74, 6) is 0.662. The Bertz CT molecular complexity index is 831. The van der Waals surface area contributed by atoms with Gasteiger partial charge in [-0.15, -0.1) is 0 Å². The van der Waals surface area contributed by atoms with Crippen molar-refractivity contribution in [2.24, 2.45) is 10.4 Å². The van der Waals surface area contributed by atoms with E-state index in [0.717, 1.165) is 25.2 Å². The van der Waals surface area contributed by atoms with Crippen LogP contribution in [-0.4, -0.2) is 51.7 Å². The molecule has 0 spiro atoms. The molecule has 164 valence electrons. The number of rotatable bonds is 9. The number of anilines is 1. The molecule has 9 nitrogen and oxygen atoms in total. The van der Waals surface area contributed by atoms with Crippen LogP contribution in [0, 0.1) is 15.5 Å². The molecular formula is C19H33N5O4S. The molecule has 0 fully saturated rings. The Morgan fingerprint density at radius 1 is 1.28 bits per heavy atom. The monoisotopic (exact) mass is 427 g/mol. The summed E-state index contributed by atoms with van der Waals surface area (Å²) in [7, 11) is -1.82. The molecule has 1 rings (SSSR count). The summed E-state index contributed by atoms with van der Waals surface area (Å²) in [4.78, 5) is 14.8. The molecule has 1 unspecified atom stereocenters. The first-order chi connectivity index (χ1) is 13.3. The van der Waals surface area contributed by atoms with Gasteiger partial charge in [0.15, 0.2) is 15.8 Å². The largest absolute Gasteiger partial charge is 0.378 e. The van der Waals surface area contributed by atoms with Gasteiger partial charge in [-0.3, -0.25) is 15.1 Å². The van der Waals surface area contributed by atoms with Crippen molar-refractivity contribution in [1.82, 2.24) is 10.6 Å². The van der Waals surface area contributed by atoms with Crippen molar-refractivity contribution in [2.45, 2.75) is 51.5 Å². The van der Waals surface area contributed by atoms with E-state index in [1.54, 1.807) is 7.05 Å². The second kappa shape index (κ2) is 10.4. The van der Waals surface area contributed by atoms with Crippen LogP contribution >= 0.6 is 0 Å². The lowest BCUT2D eigenvalue weighted by Gasteiger charge is -2.23. The van der Waals surface area contributed by atoms with Gasteiger partial charge in [0.05, 0.1) is 9.82 Å². The molecule has 0 heterocycles. The highest BCUT2D eigenvalue weighted by molar-refractivity contribution is 7.90. The van der Waals surface area contributed by atoms with Gasteiger partial charge < -0.3 is 16.0 Å². The van der Waals surface area contributed by atoms with Gasteiger partial charge in [-0.1, -0.05) is 20.8 Å². The van der Waals surface area contributed by atoms with E-state index in [9.17, 15) is 18.5 Å². The molecule has 0 saturated heterocycles. The van der Waals surface area contributed by atoms with E-state index in [4.69, 9.17) is 0 Å². The lowest BCUT2D eigenvalue weighted by molar-refractivity contribution is -0.384. The van der Waals surface area contributed by atoms with Gasteiger partial charge in [-0.25, -0.2) is 8.42 Å². The van der Waals surface area contributed by atoms with Crippen LogP contribution in [0.4, 0.5) is 11.4 Å². The Labute approximate surface area is 173 Å². The first-order valence-electron chi connectivity index (χ1n) is 9.53. The zero-order valence-corrected chi connectivity index (χ0v) is 18.9. The zero-order valence-electron chi connectivity index (χ0n) is 18.1. The lowest BCUT2D eigenvalue weighted by Crippen LogP contribution is -2.43. The van der Waals surface area contributed by atoms with Gasteiger partial charge in [0.2, 0.25) is 0 Å². The average molecular weight is 428 g/mol. The number of nitro benzene ring substituents is 1. The fourth-order valence-corrected chi connectivity index (χ4v) is 3.21. The molecule has 1 aromatic rings. The summed E-state index contributed by atoms with van der Waals surface area (Å²) in [5.41, 5.74) is 0.273. The molecule has 1 atom stereocenters. The van der Waals surface area contributed by atoms with Crippen LogP contribution in [0.5, 0.6) is 0 Å². The summed E-state index contributed by atoms with van der Waals surface area (Å²) >= 11 is 0. The quantitative estimate of drug-likeness (QED) is 0.182. The highest BCUT2D eigenvalue weighted by atomic mass is 32.2. The highest BCUT2D eigenvalue weighted by Gasteiger charge is 2.18.